The smallest absolute Gasteiger partial charge is 0.351 e. The van der Waals surface area contributed by atoms with Crippen molar-refractivity contribution in [3.63, 3.8) is 0 Å². The third-order valence-electron chi connectivity index (χ3n) is 4.42. The van der Waals surface area contributed by atoms with Gasteiger partial charge in [0.25, 0.3) is 0 Å². The van der Waals surface area contributed by atoms with E-state index >= 15 is 0 Å². The second-order valence-corrected chi connectivity index (χ2v) is 6.84. The third-order valence-corrected chi connectivity index (χ3v) is 4.79. The fourth-order valence-electron chi connectivity index (χ4n) is 2.96. The summed E-state index contributed by atoms with van der Waals surface area (Å²) in [5.74, 6) is -0.800. The van der Waals surface area contributed by atoms with Gasteiger partial charge in [-0.3, -0.25) is 9.48 Å². The highest BCUT2D eigenvalue weighted by molar-refractivity contribution is 6.31. The standard InChI is InChI=1S/C21H19ClN2O4/c1-12-10-19(26)20(21(27)28-12)18(25)9-8-16-13(2)23-24(14(16)3)11-15-6-4-5-7-17(15)22/h4-10,26H,11H2,1-3H3/b9-8+. The number of ketones is 1. The topological polar surface area (TPSA) is 85.3 Å². The lowest BCUT2D eigenvalue weighted by atomic mass is 10.1. The molecule has 0 amide bonds. The van der Waals surface area contributed by atoms with Crippen LogP contribution in [0.4, 0.5) is 0 Å². The van der Waals surface area contributed by atoms with Crippen LogP contribution in [-0.4, -0.2) is 20.7 Å². The van der Waals surface area contributed by atoms with Gasteiger partial charge in [-0.05, 0) is 44.6 Å². The van der Waals surface area contributed by atoms with Gasteiger partial charge in [0.2, 0.25) is 0 Å². The summed E-state index contributed by atoms with van der Waals surface area (Å²) in [4.78, 5) is 24.3. The van der Waals surface area contributed by atoms with Crippen LogP contribution in [0, 0.1) is 20.8 Å². The molecule has 0 aliphatic carbocycles. The van der Waals surface area contributed by atoms with Gasteiger partial charge in [-0.2, -0.15) is 5.10 Å². The van der Waals surface area contributed by atoms with E-state index in [1.807, 2.05) is 38.1 Å². The van der Waals surface area contributed by atoms with Gasteiger partial charge in [-0.1, -0.05) is 29.8 Å². The van der Waals surface area contributed by atoms with Gasteiger partial charge in [-0.25, -0.2) is 4.79 Å². The maximum Gasteiger partial charge on any atom is 0.351 e. The summed E-state index contributed by atoms with van der Waals surface area (Å²) in [5, 5.41) is 15.1. The largest absolute Gasteiger partial charge is 0.507 e. The summed E-state index contributed by atoms with van der Waals surface area (Å²) in [6, 6.07) is 8.76. The lowest BCUT2D eigenvalue weighted by molar-refractivity contribution is 0.104. The van der Waals surface area contributed by atoms with E-state index in [1.54, 1.807) is 10.8 Å². The molecule has 0 saturated heterocycles. The molecule has 1 aromatic carbocycles. The number of aromatic nitrogens is 2. The number of nitrogens with zero attached hydrogens (tertiary/aromatic N) is 2. The monoisotopic (exact) mass is 398 g/mol. The summed E-state index contributed by atoms with van der Waals surface area (Å²) in [5.41, 5.74) is 2.02. The lowest BCUT2D eigenvalue weighted by Crippen LogP contribution is -2.13. The summed E-state index contributed by atoms with van der Waals surface area (Å²) in [6.07, 6.45) is 2.82. The number of allylic oxidation sites excluding steroid dienone is 1. The van der Waals surface area contributed by atoms with Crippen LogP contribution in [0.5, 0.6) is 5.75 Å². The van der Waals surface area contributed by atoms with E-state index in [2.05, 4.69) is 5.10 Å². The number of aromatic hydroxyl groups is 1. The van der Waals surface area contributed by atoms with Crippen LogP contribution >= 0.6 is 11.6 Å². The molecule has 0 spiro atoms. The van der Waals surface area contributed by atoms with Gasteiger partial charge in [0.15, 0.2) is 5.78 Å². The van der Waals surface area contributed by atoms with Crippen LogP contribution in [0.25, 0.3) is 6.08 Å². The van der Waals surface area contributed by atoms with E-state index in [1.165, 1.54) is 19.1 Å². The van der Waals surface area contributed by atoms with Crippen LogP contribution in [0.3, 0.4) is 0 Å². The highest BCUT2D eigenvalue weighted by Crippen LogP contribution is 2.21. The highest BCUT2D eigenvalue weighted by Gasteiger charge is 2.17. The number of rotatable bonds is 5. The second-order valence-electron chi connectivity index (χ2n) is 6.44. The number of carbonyl (C=O) groups is 1. The minimum Gasteiger partial charge on any atom is -0.507 e. The van der Waals surface area contributed by atoms with Crippen LogP contribution < -0.4 is 5.63 Å². The van der Waals surface area contributed by atoms with Crippen molar-refractivity contribution >= 4 is 23.5 Å². The fourth-order valence-corrected chi connectivity index (χ4v) is 3.15. The SMILES string of the molecule is Cc1cc(O)c(C(=O)/C=C/c2c(C)nn(Cc3ccccc3Cl)c2C)c(=O)o1. The van der Waals surface area contributed by atoms with Gasteiger partial charge < -0.3 is 9.52 Å². The lowest BCUT2D eigenvalue weighted by Gasteiger charge is -2.06. The molecule has 0 bridgehead atoms. The summed E-state index contributed by atoms with van der Waals surface area (Å²) in [6.45, 7) is 5.73. The van der Waals surface area contributed by atoms with Crippen molar-refractivity contribution in [3.05, 3.63) is 85.7 Å². The predicted octanol–water partition coefficient (Wildman–Crippen LogP) is 4.06. The zero-order valence-electron chi connectivity index (χ0n) is 15.7. The molecular weight excluding hydrogens is 380 g/mol. The Morgan fingerprint density at radius 1 is 1.29 bits per heavy atom. The molecule has 2 heterocycles. The molecule has 0 saturated carbocycles. The van der Waals surface area contributed by atoms with Crippen molar-refractivity contribution < 1.29 is 14.3 Å². The third kappa shape index (κ3) is 3.92. The Morgan fingerprint density at radius 3 is 2.68 bits per heavy atom. The van der Waals surface area contributed by atoms with Crippen molar-refractivity contribution in [1.29, 1.82) is 0 Å². The molecular formula is C21H19ClN2O4. The van der Waals surface area contributed by atoms with Crippen molar-refractivity contribution in [2.24, 2.45) is 0 Å². The molecule has 0 aliphatic heterocycles. The van der Waals surface area contributed by atoms with E-state index in [-0.39, 0.29) is 11.3 Å². The maximum absolute atomic E-state index is 12.4. The minimum absolute atomic E-state index is 0.232. The number of hydrogen-bond acceptors (Lipinski definition) is 5. The summed E-state index contributed by atoms with van der Waals surface area (Å²) >= 11 is 6.22. The summed E-state index contributed by atoms with van der Waals surface area (Å²) in [7, 11) is 0. The second kappa shape index (κ2) is 7.86. The van der Waals surface area contributed by atoms with E-state index in [4.69, 9.17) is 16.0 Å². The predicted molar refractivity (Wildman–Crippen MR) is 107 cm³/mol. The molecule has 0 atom stereocenters. The van der Waals surface area contributed by atoms with Crippen LogP contribution in [0.15, 0.2) is 45.6 Å². The Balaban J connectivity index is 1.89. The Bertz CT molecular complexity index is 1140. The van der Waals surface area contributed by atoms with E-state index in [0.29, 0.717) is 11.6 Å². The molecule has 28 heavy (non-hydrogen) atoms. The first-order valence-corrected chi connectivity index (χ1v) is 8.99. The molecule has 3 aromatic rings. The molecule has 6 nitrogen and oxygen atoms in total. The first kappa shape index (κ1) is 19.6. The first-order valence-electron chi connectivity index (χ1n) is 8.61. The Labute approximate surface area is 166 Å². The number of benzene rings is 1. The molecule has 0 unspecified atom stereocenters. The number of halogens is 1. The van der Waals surface area contributed by atoms with Gasteiger partial charge in [0.05, 0.1) is 12.2 Å². The minimum atomic E-state index is -0.866. The normalized spacial score (nSPS) is 11.3. The van der Waals surface area contributed by atoms with Crippen molar-refractivity contribution in [2.75, 3.05) is 0 Å². The van der Waals surface area contributed by atoms with Crippen LogP contribution in [-0.2, 0) is 6.54 Å². The number of hydrogen-bond donors (Lipinski definition) is 1. The van der Waals surface area contributed by atoms with Crippen LogP contribution in [0.1, 0.15) is 38.6 Å². The summed E-state index contributed by atoms with van der Waals surface area (Å²) < 4.78 is 6.70. The molecule has 2 aromatic heterocycles. The molecule has 3 rings (SSSR count). The first-order chi connectivity index (χ1) is 13.3. The Kier molecular flexibility index (Phi) is 5.51. The molecule has 144 valence electrons. The fraction of sp³-hybridized carbons (Fsp3) is 0.190. The van der Waals surface area contributed by atoms with E-state index in [9.17, 15) is 14.7 Å². The maximum atomic E-state index is 12.4. The number of carbonyl (C=O) groups excluding carboxylic acids is 1. The van der Waals surface area contributed by atoms with Gasteiger partial charge >= 0.3 is 5.63 Å². The van der Waals surface area contributed by atoms with Gasteiger partial charge in [0, 0.05) is 22.3 Å². The Hall–Kier alpha value is -3.12. The molecule has 0 aliphatic rings. The Morgan fingerprint density at radius 2 is 2.00 bits per heavy atom. The van der Waals surface area contributed by atoms with Crippen molar-refractivity contribution in [3.8, 4) is 5.75 Å². The van der Waals surface area contributed by atoms with Crippen molar-refractivity contribution in [1.82, 2.24) is 9.78 Å². The molecule has 1 N–H and O–H groups in total. The highest BCUT2D eigenvalue weighted by atomic mass is 35.5. The zero-order valence-corrected chi connectivity index (χ0v) is 16.4. The van der Waals surface area contributed by atoms with Gasteiger partial charge in [0.1, 0.15) is 17.1 Å². The average Bonchev–Trinajstić information content (AvgIpc) is 2.87. The molecule has 7 heteroatoms. The van der Waals surface area contributed by atoms with E-state index in [0.717, 1.165) is 22.5 Å². The van der Waals surface area contributed by atoms with Gasteiger partial charge in [-0.15, -0.1) is 0 Å². The average molecular weight is 399 g/mol. The van der Waals surface area contributed by atoms with Crippen molar-refractivity contribution in [2.45, 2.75) is 27.3 Å². The molecule has 0 radical (unpaired) electrons. The zero-order chi connectivity index (χ0) is 20.4. The van der Waals surface area contributed by atoms with Crippen LogP contribution in [0.2, 0.25) is 5.02 Å². The van der Waals surface area contributed by atoms with E-state index < -0.39 is 17.2 Å². The number of aryl methyl sites for hydroxylation is 2. The molecule has 0 fully saturated rings. The quantitative estimate of drug-likeness (QED) is 0.517.